The van der Waals surface area contributed by atoms with Crippen molar-refractivity contribution in [2.45, 2.75) is 31.6 Å². The molecule has 170 valence electrons. The normalized spacial score (nSPS) is 15.2. The molecule has 3 aromatic carbocycles. The average molecular weight is 513 g/mol. The van der Waals surface area contributed by atoms with Crippen molar-refractivity contribution in [3.8, 4) is 11.5 Å². The van der Waals surface area contributed by atoms with Gasteiger partial charge in [0.1, 0.15) is 23.6 Å². The Morgan fingerprint density at radius 3 is 2.19 bits per heavy atom. The molecule has 0 saturated heterocycles. The molecule has 3 rings (SSSR count). The standard InChI is InChI=1S/C24H21BrF4O3/c1-23(16-26,18-10-12-19(25)13-11-18)24(29,32-22(27)28)30-15-17-6-5-9-21(14-17)31-20-7-3-2-4-8-20/h2-14,22H,15-16H2,1H3. The lowest BCUT2D eigenvalue weighted by Crippen LogP contribution is -2.52. The summed E-state index contributed by atoms with van der Waals surface area (Å²) in [4.78, 5) is 0. The van der Waals surface area contributed by atoms with Gasteiger partial charge in [-0.1, -0.05) is 58.4 Å². The highest BCUT2D eigenvalue weighted by molar-refractivity contribution is 9.10. The molecule has 0 bridgehead atoms. The van der Waals surface area contributed by atoms with E-state index in [2.05, 4.69) is 20.7 Å². The van der Waals surface area contributed by atoms with Crippen LogP contribution < -0.4 is 4.74 Å². The van der Waals surface area contributed by atoms with Crippen LogP contribution in [-0.4, -0.2) is 19.3 Å². The summed E-state index contributed by atoms with van der Waals surface area (Å²) in [6.45, 7) is -4.18. The van der Waals surface area contributed by atoms with Gasteiger partial charge in [-0.3, -0.25) is 4.74 Å². The Bertz CT molecular complexity index is 1000. The number of rotatable bonds is 10. The molecule has 0 aliphatic carbocycles. The maximum Gasteiger partial charge on any atom is 0.349 e. The molecular formula is C24H21BrF4O3. The Balaban J connectivity index is 1.84. The molecule has 2 atom stereocenters. The van der Waals surface area contributed by atoms with E-state index in [-0.39, 0.29) is 5.56 Å². The first-order chi connectivity index (χ1) is 15.3. The van der Waals surface area contributed by atoms with Crippen molar-refractivity contribution < 1.29 is 31.8 Å². The molecule has 0 fully saturated rings. The molecular weight excluding hydrogens is 492 g/mol. The maximum absolute atomic E-state index is 15.8. The van der Waals surface area contributed by atoms with Crippen LogP contribution in [0.1, 0.15) is 18.1 Å². The Morgan fingerprint density at radius 1 is 0.906 bits per heavy atom. The number of ether oxygens (including phenoxy) is 3. The van der Waals surface area contributed by atoms with E-state index in [1.165, 1.54) is 12.1 Å². The van der Waals surface area contributed by atoms with Crippen molar-refractivity contribution >= 4 is 15.9 Å². The number of halogens is 5. The molecule has 0 aliphatic rings. The molecule has 0 aromatic heterocycles. The third-order valence-corrected chi connectivity index (χ3v) is 5.48. The predicted molar refractivity (Wildman–Crippen MR) is 116 cm³/mol. The number of hydrogen-bond acceptors (Lipinski definition) is 3. The molecule has 2 unspecified atom stereocenters. The van der Waals surface area contributed by atoms with Crippen molar-refractivity contribution in [1.29, 1.82) is 0 Å². The predicted octanol–water partition coefficient (Wildman–Crippen LogP) is 7.55. The fourth-order valence-electron chi connectivity index (χ4n) is 3.08. The third kappa shape index (κ3) is 5.68. The van der Waals surface area contributed by atoms with Crippen molar-refractivity contribution in [3.63, 3.8) is 0 Å². The Labute approximate surface area is 192 Å². The second kappa shape index (κ2) is 10.5. The molecule has 0 spiro atoms. The molecule has 32 heavy (non-hydrogen) atoms. The van der Waals surface area contributed by atoms with E-state index in [4.69, 9.17) is 9.47 Å². The van der Waals surface area contributed by atoms with Crippen molar-refractivity contribution in [2.24, 2.45) is 0 Å². The van der Waals surface area contributed by atoms with Crippen LogP contribution in [0.3, 0.4) is 0 Å². The minimum atomic E-state index is -3.52. The van der Waals surface area contributed by atoms with Gasteiger partial charge in [0.05, 0.1) is 6.61 Å². The van der Waals surface area contributed by atoms with Gasteiger partial charge in [-0.05, 0) is 54.4 Å². The summed E-state index contributed by atoms with van der Waals surface area (Å²) in [6.07, 6.45) is 0. The number of para-hydroxylation sites is 1. The molecule has 3 aromatic rings. The summed E-state index contributed by atoms with van der Waals surface area (Å²) < 4.78 is 72.0. The van der Waals surface area contributed by atoms with Gasteiger partial charge < -0.3 is 9.47 Å². The van der Waals surface area contributed by atoms with E-state index < -0.39 is 31.3 Å². The monoisotopic (exact) mass is 512 g/mol. The van der Waals surface area contributed by atoms with Crippen LogP contribution in [-0.2, 0) is 21.5 Å². The van der Waals surface area contributed by atoms with Gasteiger partial charge in [-0.2, -0.15) is 13.2 Å². The van der Waals surface area contributed by atoms with Gasteiger partial charge in [0.2, 0.25) is 0 Å². The summed E-state index contributed by atoms with van der Waals surface area (Å²) in [7, 11) is 0. The highest BCUT2D eigenvalue weighted by Gasteiger charge is 2.55. The van der Waals surface area contributed by atoms with Gasteiger partial charge in [0, 0.05) is 4.47 Å². The van der Waals surface area contributed by atoms with Crippen LogP contribution in [0.25, 0.3) is 0 Å². The fourth-order valence-corrected chi connectivity index (χ4v) is 3.35. The quantitative estimate of drug-likeness (QED) is 0.207. The van der Waals surface area contributed by atoms with Crippen LogP contribution >= 0.6 is 15.9 Å². The van der Waals surface area contributed by atoms with Crippen LogP contribution in [0.4, 0.5) is 17.6 Å². The largest absolute Gasteiger partial charge is 0.457 e. The van der Waals surface area contributed by atoms with E-state index in [1.807, 2.05) is 6.07 Å². The molecule has 0 radical (unpaired) electrons. The minimum Gasteiger partial charge on any atom is -0.457 e. The second-order valence-electron chi connectivity index (χ2n) is 7.24. The molecule has 0 amide bonds. The molecule has 0 N–H and O–H groups in total. The summed E-state index contributed by atoms with van der Waals surface area (Å²) >= 11 is 3.23. The highest BCUT2D eigenvalue weighted by Crippen LogP contribution is 2.43. The second-order valence-corrected chi connectivity index (χ2v) is 8.15. The Morgan fingerprint density at radius 2 is 1.56 bits per heavy atom. The summed E-state index contributed by atoms with van der Waals surface area (Å²) in [5.41, 5.74) is -1.62. The SMILES string of the molecule is CC(CF)(c1ccc(Br)cc1)C(F)(OCc1cccc(Oc2ccccc2)c1)OC(F)F. The third-order valence-electron chi connectivity index (χ3n) is 4.95. The molecule has 0 heterocycles. The number of alkyl halides is 4. The van der Waals surface area contributed by atoms with E-state index in [0.29, 0.717) is 21.5 Å². The zero-order valence-corrected chi connectivity index (χ0v) is 18.7. The topological polar surface area (TPSA) is 27.7 Å². The molecule has 8 heteroatoms. The van der Waals surface area contributed by atoms with E-state index in [9.17, 15) is 13.2 Å². The first-order valence-corrected chi connectivity index (χ1v) is 10.5. The van der Waals surface area contributed by atoms with Crippen molar-refractivity contribution in [2.75, 3.05) is 6.67 Å². The lowest BCUT2D eigenvalue weighted by Gasteiger charge is -2.39. The van der Waals surface area contributed by atoms with Crippen molar-refractivity contribution in [3.05, 3.63) is 94.5 Å². The first kappa shape index (κ1) is 24.2. The molecule has 0 aliphatic heterocycles. The van der Waals surface area contributed by atoms with Gasteiger partial charge in [0.15, 0.2) is 0 Å². The smallest absolute Gasteiger partial charge is 0.349 e. The van der Waals surface area contributed by atoms with Crippen molar-refractivity contribution in [1.82, 2.24) is 0 Å². The summed E-state index contributed by atoms with van der Waals surface area (Å²) in [5.74, 6) is 1.03. The van der Waals surface area contributed by atoms with E-state index in [0.717, 1.165) is 6.92 Å². The van der Waals surface area contributed by atoms with Gasteiger partial charge in [0.25, 0.3) is 0 Å². The van der Waals surface area contributed by atoms with Crippen LogP contribution in [0.2, 0.25) is 0 Å². The molecule has 3 nitrogen and oxygen atoms in total. The molecule has 0 saturated carbocycles. The number of benzene rings is 3. The first-order valence-electron chi connectivity index (χ1n) is 9.68. The fraction of sp³-hybridized carbons (Fsp3) is 0.250. The van der Waals surface area contributed by atoms with Gasteiger partial charge in [-0.15, -0.1) is 0 Å². The maximum atomic E-state index is 15.8. The summed E-state index contributed by atoms with van der Waals surface area (Å²) in [5, 5.41) is 0. The Hall–Kier alpha value is -2.42. The number of hydrogen-bond donors (Lipinski definition) is 0. The van der Waals surface area contributed by atoms with Crippen LogP contribution in [0.15, 0.2) is 83.3 Å². The lowest BCUT2D eigenvalue weighted by atomic mass is 9.81. The zero-order valence-electron chi connectivity index (χ0n) is 17.1. The highest BCUT2D eigenvalue weighted by atomic mass is 79.9. The van der Waals surface area contributed by atoms with Gasteiger partial charge in [-0.25, -0.2) is 4.39 Å². The average Bonchev–Trinajstić information content (AvgIpc) is 2.78. The lowest BCUT2D eigenvalue weighted by molar-refractivity contribution is -0.404. The Kier molecular flexibility index (Phi) is 7.92. The minimum absolute atomic E-state index is 0.104. The summed E-state index contributed by atoms with van der Waals surface area (Å²) in [6, 6.07) is 18.0. The van der Waals surface area contributed by atoms with Crippen LogP contribution in [0.5, 0.6) is 11.5 Å². The van der Waals surface area contributed by atoms with Crippen LogP contribution in [0, 0.1) is 0 Å². The van der Waals surface area contributed by atoms with E-state index in [1.54, 1.807) is 60.7 Å². The van der Waals surface area contributed by atoms with E-state index >= 15 is 4.39 Å². The van der Waals surface area contributed by atoms with Gasteiger partial charge >= 0.3 is 12.7 Å². The zero-order chi connectivity index (χ0) is 23.2.